The molecule has 2 aromatic rings. The molecule has 0 saturated heterocycles. The first-order valence-electron chi connectivity index (χ1n) is 4.96. The molecular formula is C12H12O3. The van der Waals surface area contributed by atoms with E-state index in [2.05, 4.69) is 0 Å². The van der Waals surface area contributed by atoms with Crippen LogP contribution >= 0.6 is 0 Å². The highest BCUT2D eigenvalue weighted by Gasteiger charge is 2.04. The van der Waals surface area contributed by atoms with Gasteiger partial charge in [-0.3, -0.25) is 0 Å². The van der Waals surface area contributed by atoms with E-state index in [4.69, 9.17) is 4.42 Å². The third-order valence-electron chi connectivity index (χ3n) is 2.31. The second-order valence-corrected chi connectivity index (χ2v) is 3.53. The van der Waals surface area contributed by atoms with Gasteiger partial charge in [-0.05, 0) is 24.6 Å². The van der Waals surface area contributed by atoms with Crippen molar-refractivity contribution >= 4 is 11.0 Å². The van der Waals surface area contributed by atoms with Crippen LogP contribution in [0, 0.1) is 0 Å². The van der Waals surface area contributed by atoms with Gasteiger partial charge in [-0.2, -0.15) is 0 Å². The molecule has 3 heteroatoms. The molecule has 0 fully saturated rings. The van der Waals surface area contributed by atoms with Gasteiger partial charge in [-0.25, -0.2) is 4.79 Å². The Balaban J connectivity index is 2.65. The van der Waals surface area contributed by atoms with E-state index in [-0.39, 0.29) is 11.4 Å². The third kappa shape index (κ3) is 1.86. The lowest BCUT2D eigenvalue weighted by Crippen LogP contribution is -2.06. The van der Waals surface area contributed by atoms with Gasteiger partial charge in [0, 0.05) is 17.0 Å². The van der Waals surface area contributed by atoms with Crippen molar-refractivity contribution in [3.05, 3.63) is 40.2 Å². The predicted molar refractivity (Wildman–Crippen MR) is 58.1 cm³/mol. The number of phenols is 1. The molecular weight excluding hydrogens is 192 g/mol. The molecule has 1 aromatic carbocycles. The second-order valence-electron chi connectivity index (χ2n) is 3.53. The summed E-state index contributed by atoms with van der Waals surface area (Å²) in [6, 6.07) is 6.60. The van der Waals surface area contributed by atoms with Crippen molar-refractivity contribution in [2.24, 2.45) is 0 Å². The van der Waals surface area contributed by atoms with E-state index in [0.717, 1.165) is 18.2 Å². The molecule has 0 aliphatic carbocycles. The summed E-state index contributed by atoms with van der Waals surface area (Å²) in [7, 11) is 0. The number of phenolic OH excluding ortho intramolecular Hbond substituents is 1. The van der Waals surface area contributed by atoms with Crippen LogP contribution in [0.1, 0.15) is 18.9 Å². The summed E-state index contributed by atoms with van der Waals surface area (Å²) < 4.78 is 5.11. The highest BCUT2D eigenvalue weighted by molar-refractivity contribution is 5.78. The summed E-state index contributed by atoms with van der Waals surface area (Å²) in [5.41, 5.74) is 0.811. The number of hydrogen-bond donors (Lipinski definition) is 1. The molecule has 1 N–H and O–H groups in total. The SMILES string of the molecule is CCCc1cc2ccc(O)cc2oc1=O. The predicted octanol–water partition coefficient (Wildman–Crippen LogP) is 2.45. The fourth-order valence-corrected chi connectivity index (χ4v) is 1.59. The standard InChI is InChI=1S/C12H12O3/c1-2-3-9-6-8-4-5-10(13)7-11(8)15-12(9)14/h4-7,13H,2-3H2,1H3. The Morgan fingerprint density at radius 1 is 1.33 bits per heavy atom. The minimum atomic E-state index is -0.310. The van der Waals surface area contributed by atoms with E-state index in [1.807, 2.05) is 13.0 Å². The number of hydrogen-bond acceptors (Lipinski definition) is 3. The van der Waals surface area contributed by atoms with Gasteiger partial charge in [0.05, 0.1) is 0 Å². The minimum absolute atomic E-state index is 0.105. The van der Waals surface area contributed by atoms with Gasteiger partial charge in [-0.15, -0.1) is 0 Å². The normalized spacial score (nSPS) is 10.7. The van der Waals surface area contributed by atoms with E-state index in [9.17, 15) is 9.90 Å². The smallest absolute Gasteiger partial charge is 0.339 e. The van der Waals surface area contributed by atoms with Crippen LogP contribution in [0.3, 0.4) is 0 Å². The van der Waals surface area contributed by atoms with Crippen molar-refractivity contribution in [3.8, 4) is 5.75 Å². The van der Waals surface area contributed by atoms with Gasteiger partial charge in [0.25, 0.3) is 0 Å². The maximum atomic E-state index is 11.5. The third-order valence-corrected chi connectivity index (χ3v) is 2.31. The first kappa shape index (κ1) is 9.77. The van der Waals surface area contributed by atoms with Crippen LogP contribution < -0.4 is 5.63 Å². The van der Waals surface area contributed by atoms with Crippen molar-refractivity contribution in [1.29, 1.82) is 0 Å². The Labute approximate surface area is 87.0 Å². The molecule has 2 rings (SSSR count). The van der Waals surface area contributed by atoms with Crippen molar-refractivity contribution < 1.29 is 9.52 Å². The number of aryl methyl sites for hydroxylation is 1. The van der Waals surface area contributed by atoms with E-state index in [1.165, 1.54) is 6.07 Å². The summed E-state index contributed by atoms with van der Waals surface area (Å²) in [6.07, 6.45) is 1.63. The summed E-state index contributed by atoms with van der Waals surface area (Å²) >= 11 is 0. The van der Waals surface area contributed by atoms with Crippen molar-refractivity contribution in [2.45, 2.75) is 19.8 Å². The first-order chi connectivity index (χ1) is 7.20. The maximum Gasteiger partial charge on any atom is 0.339 e. The molecule has 0 bridgehead atoms. The molecule has 1 aromatic heterocycles. The molecule has 0 radical (unpaired) electrons. The van der Waals surface area contributed by atoms with Gasteiger partial charge in [0.1, 0.15) is 11.3 Å². The summed E-state index contributed by atoms with van der Waals surface area (Å²) in [6.45, 7) is 2.01. The number of rotatable bonds is 2. The highest BCUT2D eigenvalue weighted by atomic mass is 16.4. The van der Waals surface area contributed by atoms with Crippen LogP contribution in [0.5, 0.6) is 5.75 Å². The molecule has 0 spiro atoms. The van der Waals surface area contributed by atoms with E-state index >= 15 is 0 Å². The fraction of sp³-hybridized carbons (Fsp3) is 0.250. The van der Waals surface area contributed by atoms with Crippen molar-refractivity contribution in [1.82, 2.24) is 0 Å². The fourth-order valence-electron chi connectivity index (χ4n) is 1.59. The quantitative estimate of drug-likeness (QED) is 0.764. The lowest BCUT2D eigenvalue weighted by atomic mass is 10.1. The average molecular weight is 204 g/mol. The van der Waals surface area contributed by atoms with Gasteiger partial charge in [-0.1, -0.05) is 13.3 Å². The Kier molecular flexibility index (Phi) is 2.46. The summed E-state index contributed by atoms with van der Waals surface area (Å²) in [4.78, 5) is 11.5. The minimum Gasteiger partial charge on any atom is -0.508 e. The van der Waals surface area contributed by atoms with E-state index in [1.54, 1.807) is 12.1 Å². The lowest BCUT2D eigenvalue weighted by Gasteiger charge is -2.00. The van der Waals surface area contributed by atoms with Crippen LogP contribution in [-0.2, 0) is 6.42 Å². The van der Waals surface area contributed by atoms with Crippen LogP contribution in [0.4, 0.5) is 0 Å². The molecule has 0 atom stereocenters. The van der Waals surface area contributed by atoms with E-state index in [0.29, 0.717) is 11.1 Å². The maximum absolute atomic E-state index is 11.5. The van der Waals surface area contributed by atoms with Crippen LogP contribution in [0.2, 0.25) is 0 Å². The lowest BCUT2D eigenvalue weighted by molar-refractivity contribution is 0.472. The Bertz CT molecular complexity index is 540. The number of benzene rings is 1. The molecule has 3 nitrogen and oxygen atoms in total. The van der Waals surface area contributed by atoms with Gasteiger partial charge in [0.2, 0.25) is 0 Å². The Hall–Kier alpha value is -1.77. The zero-order chi connectivity index (χ0) is 10.8. The molecule has 0 amide bonds. The van der Waals surface area contributed by atoms with Gasteiger partial charge in [0.15, 0.2) is 0 Å². The first-order valence-corrected chi connectivity index (χ1v) is 4.96. The molecule has 0 aliphatic heterocycles. The zero-order valence-corrected chi connectivity index (χ0v) is 8.49. The van der Waals surface area contributed by atoms with Crippen LogP contribution in [-0.4, -0.2) is 5.11 Å². The largest absolute Gasteiger partial charge is 0.508 e. The van der Waals surface area contributed by atoms with E-state index < -0.39 is 0 Å². The summed E-state index contributed by atoms with van der Waals surface area (Å²) in [5.74, 6) is 0.105. The second kappa shape index (κ2) is 3.77. The molecule has 0 aliphatic rings. The van der Waals surface area contributed by atoms with Gasteiger partial charge >= 0.3 is 5.63 Å². The molecule has 1 heterocycles. The highest BCUT2D eigenvalue weighted by Crippen LogP contribution is 2.19. The van der Waals surface area contributed by atoms with Crippen LogP contribution in [0.25, 0.3) is 11.0 Å². The topological polar surface area (TPSA) is 50.4 Å². The summed E-state index contributed by atoms with van der Waals surface area (Å²) in [5, 5.41) is 10.1. The Morgan fingerprint density at radius 2 is 2.13 bits per heavy atom. The monoisotopic (exact) mass is 204 g/mol. The number of fused-ring (bicyclic) bond motifs is 1. The van der Waals surface area contributed by atoms with Crippen LogP contribution in [0.15, 0.2) is 33.5 Å². The molecule has 0 unspecified atom stereocenters. The Morgan fingerprint density at radius 3 is 2.87 bits per heavy atom. The van der Waals surface area contributed by atoms with Crippen molar-refractivity contribution in [3.63, 3.8) is 0 Å². The number of aromatic hydroxyl groups is 1. The van der Waals surface area contributed by atoms with Crippen molar-refractivity contribution in [2.75, 3.05) is 0 Å². The average Bonchev–Trinajstić information content (AvgIpc) is 2.20. The molecule has 78 valence electrons. The molecule has 15 heavy (non-hydrogen) atoms. The van der Waals surface area contributed by atoms with Gasteiger partial charge < -0.3 is 9.52 Å². The molecule has 0 saturated carbocycles. The zero-order valence-electron chi connectivity index (χ0n) is 8.49.